The second-order valence-electron chi connectivity index (χ2n) is 4.28. The zero-order valence-corrected chi connectivity index (χ0v) is 11.1. The first-order valence-corrected chi connectivity index (χ1v) is 6.14. The van der Waals surface area contributed by atoms with E-state index in [4.69, 9.17) is 10.5 Å². The van der Waals surface area contributed by atoms with E-state index in [-0.39, 0.29) is 0 Å². The number of rotatable bonds is 4. The molecule has 4 nitrogen and oxygen atoms in total. The highest BCUT2D eigenvalue weighted by Gasteiger charge is 2.13. The smallest absolute Gasteiger partial charge is 0.131 e. The molecule has 18 heavy (non-hydrogen) atoms. The minimum atomic E-state index is 0.725. The molecule has 2 N–H and O–H groups in total. The van der Waals surface area contributed by atoms with Crippen LogP contribution >= 0.6 is 0 Å². The highest BCUT2D eigenvalue weighted by molar-refractivity contribution is 5.72. The van der Waals surface area contributed by atoms with E-state index in [0.717, 1.165) is 41.6 Å². The van der Waals surface area contributed by atoms with Crippen LogP contribution in [0.5, 0.6) is 5.75 Å². The molecule has 0 radical (unpaired) electrons. The van der Waals surface area contributed by atoms with Crippen LogP contribution in [0.15, 0.2) is 24.3 Å². The molecule has 1 aromatic carbocycles. The number of nitrogens with two attached hydrogens (primary N) is 1. The average Bonchev–Trinajstić information content (AvgIpc) is 2.67. The number of aryl methyl sites for hydroxylation is 1. The van der Waals surface area contributed by atoms with E-state index in [1.54, 1.807) is 7.11 Å². The van der Waals surface area contributed by atoms with Crippen molar-refractivity contribution in [3.63, 3.8) is 0 Å². The van der Waals surface area contributed by atoms with Crippen molar-refractivity contribution in [2.45, 2.75) is 26.8 Å². The molecule has 0 saturated carbocycles. The lowest BCUT2D eigenvalue weighted by atomic mass is 10.1. The summed E-state index contributed by atoms with van der Waals surface area (Å²) in [6.45, 7) is 5.01. The molecular formula is C14H19N3O. The maximum Gasteiger partial charge on any atom is 0.131 e. The number of methoxy groups -OCH3 is 1. The van der Waals surface area contributed by atoms with Crippen LogP contribution in [0.4, 0.5) is 5.82 Å². The van der Waals surface area contributed by atoms with Crippen LogP contribution < -0.4 is 10.5 Å². The Morgan fingerprint density at radius 1 is 1.39 bits per heavy atom. The van der Waals surface area contributed by atoms with Gasteiger partial charge in [-0.3, -0.25) is 0 Å². The summed E-state index contributed by atoms with van der Waals surface area (Å²) in [5.74, 6) is 2.49. The molecule has 0 unspecified atom stereocenters. The summed E-state index contributed by atoms with van der Waals surface area (Å²) in [6.07, 6.45) is 1.04. The van der Waals surface area contributed by atoms with Gasteiger partial charge in [-0.05, 0) is 25.5 Å². The number of anilines is 1. The number of nitrogen functional groups attached to an aromatic ring is 1. The minimum absolute atomic E-state index is 0.725. The van der Waals surface area contributed by atoms with E-state index < -0.39 is 0 Å². The van der Waals surface area contributed by atoms with E-state index >= 15 is 0 Å². The first kappa shape index (κ1) is 12.5. The van der Waals surface area contributed by atoms with E-state index in [9.17, 15) is 0 Å². The van der Waals surface area contributed by atoms with Gasteiger partial charge in [0.2, 0.25) is 0 Å². The number of imidazole rings is 1. The Balaban J connectivity index is 2.47. The van der Waals surface area contributed by atoms with Gasteiger partial charge in [0.05, 0.1) is 7.11 Å². The predicted octanol–water partition coefficient (Wildman–Crippen LogP) is 2.86. The van der Waals surface area contributed by atoms with Crippen LogP contribution in [-0.4, -0.2) is 16.7 Å². The molecule has 0 bridgehead atoms. The van der Waals surface area contributed by atoms with Crippen molar-refractivity contribution in [3.8, 4) is 17.0 Å². The van der Waals surface area contributed by atoms with Crippen LogP contribution in [0.3, 0.4) is 0 Å². The van der Waals surface area contributed by atoms with Gasteiger partial charge in [-0.15, -0.1) is 0 Å². The third kappa shape index (κ3) is 2.18. The molecular weight excluding hydrogens is 226 g/mol. The number of aromatic nitrogens is 2. The molecule has 0 aliphatic carbocycles. The van der Waals surface area contributed by atoms with Gasteiger partial charge in [-0.2, -0.15) is 0 Å². The molecule has 0 atom stereocenters. The summed E-state index contributed by atoms with van der Waals surface area (Å²) >= 11 is 0. The number of hydrogen-bond acceptors (Lipinski definition) is 3. The molecule has 4 heteroatoms. The Morgan fingerprint density at radius 3 is 2.83 bits per heavy atom. The summed E-state index contributed by atoms with van der Waals surface area (Å²) in [6, 6.07) is 7.81. The zero-order valence-electron chi connectivity index (χ0n) is 11.1. The predicted molar refractivity (Wildman–Crippen MR) is 73.7 cm³/mol. The lowest BCUT2D eigenvalue weighted by molar-refractivity contribution is 0.415. The van der Waals surface area contributed by atoms with Gasteiger partial charge < -0.3 is 15.0 Å². The van der Waals surface area contributed by atoms with Gasteiger partial charge in [0.15, 0.2) is 0 Å². The summed E-state index contributed by atoms with van der Waals surface area (Å²) in [7, 11) is 1.66. The van der Waals surface area contributed by atoms with Crippen molar-refractivity contribution in [2.24, 2.45) is 0 Å². The van der Waals surface area contributed by atoms with Gasteiger partial charge in [-0.1, -0.05) is 19.1 Å². The molecule has 0 fully saturated rings. The Bertz CT molecular complexity index is 546. The monoisotopic (exact) mass is 245 g/mol. The normalized spacial score (nSPS) is 10.6. The molecule has 0 saturated heterocycles. The highest BCUT2D eigenvalue weighted by Crippen LogP contribution is 2.28. The molecule has 0 aliphatic heterocycles. The topological polar surface area (TPSA) is 53.1 Å². The fourth-order valence-electron chi connectivity index (χ4n) is 2.07. The maximum absolute atomic E-state index is 6.17. The Labute approximate surface area is 107 Å². The molecule has 2 aromatic rings. The van der Waals surface area contributed by atoms with E-state index in [1.807, 2.05) is 31.2 Å². The summed E-state index contributed by atoms with van der Waals surface area (Å²) in [5.41, 5.74) is 8.00. The SMILES string of the molecule is CCCn1c(C)nc(-c2cccc(OC)c2)c1N. The quantitative estimate of drug-likeness (QED) is 0.901. The first-order chi connectivity index (χ1) is 8.67. The Morgan fingerprint density at radius 2 is 2.17 bits per heavy atom. The van der Waals surface area contributed by atoms with E-state index in [1.165, 1.54) is 0 Å². The van der Waals surface area contributed by atoms with Gasteiger partial charge in [0.25, 0.3) is 0 Å². The van der Waals surface area contributed by atoms with Crippen molar-refractivity contribution in [1.29, 1.82) is 0 Å². The number of ether oxygens (including phenoxy) is 1. The van der Waals surface area contributed by atoms with Crippen molar-refractivity contribution >= 4 is 5.82 Å². The van der Waals surface area contributed by atoms with Gasteiger partial charge in [-0.25, -0.2) is 4.98 Å². The molecule has 2 rings (SSSR count). The molecule has 0 spiro atoms. The first-order valence-electron chi connectivity index (χ1n) is 6.14. The molecule has 1 aromatic heterocycles. The van der Waals surface area contributed by atoms with Gasteiger partial charge in [0.1, 0.15) is 23.1 Å². The lowest BCUT2D eigenvalue weighted by Crippen LogP contribution is -2.04. The van der Waals surface area contributed by atoms with Crippen molar-refractivity contribution in [2.75, 3.05) is 12.8 Å². The third-order valence-corrected chi connectivity index (χ3v) is 2.99. The summed E-state index contributed by atoms with van der Waals surface area (Å²) in [5, 5.41) is 0. The molecule has 96 valence electrons. The van der Waals surface area contributed by atoms with Crippen molar-refractivity contribution in [1.82, 2.24) is 9.55 Å². The van der Waals surface area contributed by atoms with Crippen LogP contribution in [0.1, 0.15) is 19.2 Å². The Hall–Kier alpha value is -1.97. The largest absolute Gasteiger partial charge is 0.497 e. The maximum atomic E-state index is 6.17. The van der Waals surface area contributed by atoms with E-state index in [2.05, 4.69) is 16.5 Å². The molecule has 0 amide bonds. The van der Waals surface area contributed by atoms with E-state index in [0.29, 0.717) is 0 Å². The van der Waals surface area contributed by atoms with Crippen LogP contribution in [0.25, 0.3) is 11.3 Å². The van der Waals surface area contributed by atoms with Gasteiger partial charge >= 0.3 is 0 Å². The zero-order chi connectivity index (χ0) is 13.1. The number of nitrogens with zero attached hydrogens (tertiary/aromatic N) is 2. The minimum Gasteiger partial charge on any atom is -0.497 e. The van der Waals surface area contributed by atoms with Crippen LogP contribution in [0, 0.1) is 6.92 Å². The lowest BCUT2D eigenvalue weighted by Gasteiger charge is -2.06. The third-order valence-electron chi connectivity index (χ3n) is 2.99. The number of hydrogen-bond donors (Lipinski definition) is 1. The second kappa shape index (κ2) is 5.12. The fourth-order valence-corrected chi connectivity index (χ4v) is 2.07. The standard InChI is InChI=1S/C14H19N3O/c1-4-8-17-10(2)16-13(14(17)15)11-6-5-7-12(9-11)18-3/h5-7,9H,4,8,15H2,1-3H3. The van der Waals surface area contributed by atoms with Crippen LogP contribution in [-0.2, 0) is 6.54 Å². The van der Waals surface area contributed by atoms with Gasteiger partial charge in [0, 0.05) is 12.1 Å². The highest BCUT2D eigenvalue weighted by atomic mass is 16.5. The van der Waals surface area contributed by atoms with Crippen LogP contribution in [0.2, 0.25) is 0 Å². The summed E-state index contributed by atoms with van der Waals surface area (Å²) in [4.78, 5) is 4.56. The van der Waals surface area contributed by atoms with Crippen molar-refractivity contribution < 1.29 is 4.74 Å². The average molecular weight is 245 g/mol. The molecule has 1 heterocycles. The summed E-state index contributed by atoms with van der Waals surface area (Å²) < 4.78 is 7.28. The number of benzene rings is 1. The van der Waals surface area contributed by atoms with Crippen molar-refractivity contribution in [3.05, 3.63) is 30.1 Å². The molecule has 0 aliphatic rings. The second-order valence-corrected chi connectivity index (χ2v) is 4.28. The fraction of sp³-hybridized carbons (Fsp3) is 0.357. The Kier molecular flexibility index (Phi) is 3.55.